The third kappa shape index (κ3) is 6.48. The molecule has 6 nitrogen and oxygen atoms in total. The van der Waals surface area contributed by atoms with Gasteiger partial charge >= 0.3 is 29.6 Å². The van der Waals surface area contributed by atoms with Gasteiger partial charge in [-0.25, -0.2) is 0 Å². The molecule has 0 N–H and O–H groups in total. The predicted molar refractivity (Wildman–Crippen MR) is 141 cm³/mol. The van der Waals surface area contributed by atoms with Gasteiger partial charge < -0.3 is 9.80 Å². The summed E-state index contributed by atoms with van der Waals surface area (Å²) in [6.07, 6.45) is 0. The van der Waals surface area contributed by atoms with Crippen molar-refractivity contribution >= 4 is 11.8 Å². The van der Waals surface area contributed by atoms with Crippen LogP contribution in [0.5, 0.6) is 0 Å². The van der Waals surface area contributed by atoms with E-state index in [1.165, 1.54) is 0 Å². The van der Waals surface area contributed by atoms with Gasteiger partial charge in [-0.2, -0.15) is 43.9 Å². The van der Waals surface area contributed by atoms with Gasteiger partial charge in [0, 0.05) is 65.4 Å². The van der Waals surface area contributed by atoms with Gasteiger partial charge in [0.15, 0.2) is 0 Å². The topological polar surface area (TPSA) is 47.1 Å². The first-order valence-corrected chi connectivity index (χ1v) is 13.9. The number of hydrogen-bond acceptors (Lipinski definition) is 4. The maximum absolute atomic E-state index is 14.7. The van der Waals surface area contributed by atoms with Crippen molar-refractivity contribution < 1.29 is 53.5 Å². The molecule has 0 atom stereocenters. The van der Waals surface area contributed by atoms with E-state index >= 15 is 0 Å². The van der Waals surface area contributed by atoms with E-state index in [4.69, 9.17) is 0 Å². The van der Waals surface area contributed by atoms with Gasteiger partial charge in [-0.1, -0.05) is 60.7 Å². The summed E-state index contributed by atoms with van der Waals surface area (Å²) < 4.78 is 147. The molecule has 0 bridgehead atoms. The Labute approximate surface area is 252 Å². The summed E-state index contributed by atoms with van der Waals surface area (Å²) in [5, 5.41) is 0. The standard InChI is InChI=1S/C29H30F10N4O2/c30-25(31,23(44)42-15-11-40(12-16-42)19-21-7-3-1-4-8-21)27(34,35)29(38,39)28(36,37)26(32,33)24(45)43-17-13-41(14-18-43)20-22-9-5-2-6-10-22/h1-10H,11-20H2. The number of benzene rings is 2. The second kappa shape index (κ2) is 12.8. The Bertz CT molecular complexity index is 1220. The number of amides is 2. The van der Waals surface area contributed by atoms with Crippen LogP contribution in [0, 0.1) is 0 Å². The number of nitrogens with zero attached hydrogens (tertiary/aromatic N) is 4. The Morgan fingerprint density at radius 3 is 1.04 bits per heavy atom. The zero-order valence-corrected chi connectivity index (χ0v) is 23.7. The minimum Gasteiger partial charge on any atom is -0.335 e. The number of carbonyl (C=O) groups excluding carboxylic acids is 2. The molecule has 0 aromatic heterocycles. The summed E-state index contributed by atoms with van der Waals surface area (Å²) in [6.45, 7) is -2.64. The highest BCUT2D eigenvalue weighted by Gasteiger charge is 2.89. The first-order valence-electron chi connectivity index (χ1n) is 13.9. The Hall–Kier alpha value is -3.40. The molecule has 248 valence electrons. The molecule has 2 heterocycles. The van der Waals surface area contributed by atoms with Crippen LogP contribution < -0.4 is 0 Å². The van der Waals surface area contributed by atoms with Crippen LogP contribution in [0.1, 0.15) is 11.1 Å². The van der Waals surface area contributed by atoms with E-state index in [9.17, 15) is 53.5 Å². The van der Waals surface area contributed by atoms with Crippen molar-refractivity contribution in [3.05, 3.63) is 71.8 Å². The third-order valence-corrected chi connectivity index (χ3v) is 7.93. The second-order valence-electron chi connectivity index (χ2n) is 11.0. The quantitative estimate of drug-likeness (QED) is 0.344. The molecule has 0 aliphatic carbocycles. The van der Waals surface area contributed by atoms with Crippen molar-refractivity contribution in [2.24, 2.45) is 0 Å². The van der Waals surface area contributed by atoms with Crippen LogP contribution >= 0.6 is 0 Å². The second-order valence-corrected chi connectivity index (χ2v) is 11.0. The van der Waals surface area contributed by atoms with E-state index in [1.807, 2.05) is 0 Å². The molecule has 4 rings (SSSR count). The molecule has 0 unspecified atom stereocenters. The van der Waals surface area contributed by atoms with Crippen molar-refractivity contribution in [3.63, 3.8) is 0 Å². The van der Waals surface area contributed by atoms with Crippen LogP contribution in [0.4, 0.5) is 43.9 Å². The zero-order chi connectivity index (χ0) is 33.3. The van der Waals surface area contributed by atoms with Crippen LogP contribution in [0.2, 0.25) is 0 Å². The molecular weight excluding hydrogens is 626 g/mol. The zero-order valence-electron chi connectivity index (χ0n) is 23.7. The Morgan fingerprint density at radius 1 is 0.467 bits per heavy atom. The van der Waals surface area contributed by atoms with Crippen molar-refractivity contribution in [3.8, 4) is 0 Å². The molecule has 2 aliphatic heterocycles. The fraction of sp³-hybridized carbons (Fsp3) is 0.517. The number of halogens is 10. The molecule has 2 amide bonds. The monoisotopic (exact) mass is 656 g/mol. The predicted octanol–water partition coefficient (Wildman–Crippen LogP) is 4.85. The molecule has 2 fully saturated rings. The van der Waals surface area contributed by atoms with Crippen LogP contribution in [0.15, 0.2) is 60.7 Å². The largest absolute Gasteiger partial charge is 0.392 e. The van der Waals surface area contributed by atoms with E-state index in [-0.39, 0.29) is 49.1 Å². The normalized spacial score (nSPS) is 18.3. The summed E-state index contributed by atoms with van der Waals surface area (Å²) in [5.41, 5.74) is 1.58. The van der Waals surface area contributed by atoms with E-state index in [1.54, 1.807) is 70.5 Å². The smallest absolute Gasteiger partial charge is 0.335 e. The van der Waals surface area contributed by atoms with Crippen LogP contribution in [0.25, 0.3) is 0 Å². The molecule has 0 spiro atoms. The van der Waals surface area contributed by atoms with Crippen molar-refractivity contribution in [2.45, 2.75) is 42.7 Å². The highest BCUT2D eigenvalue weighted by atomic mass is 19.4. The van der Waals surface area contributed by atoms with Crippen LogP contribution in [-0.2, 0) is 22.7 Å². The fourth-order valence-electron chi connectivity index (χ4n) is 5.16. The van der Waals surface area contributed by atoms with Crippen molar-refractivity contribution in [1.82, 2.24) is 19.6 Å². The van der Waals surface area contributed by atoms with Gasteiger partial charge in [0.1, 0.15) is 0 Å². The number of carbonyl (C=O) groups is 2. The molecule has 0 saturated carbocycles. The maximum Gasteiger partial charge on any atom is 0.392 e. The average Bonchev–Trinajstić information content (AvgIpc) is 3.01. The number of alkyl halides is 10. The lowest BCUT2D eigenvalue weighted by Crippen LogP contribution is -2.72. The Kier molecular flexibility index (Phi) is 9.79. The summed E-state index contributed by atoms with van der Waals surface area (Å²) in [6, 6.07) is 17.3. The molecule has 2 aromatic carbocycles. The summed E-state index contributed by atoms with van der Waals surface area (Å²) in [5.74, 6) is -41.0. The lowest BCUT2D eigenvalue weighted by Gasteiger charge is -2.42. The first kappa shape index (κ1) is 34.5. The minimum atomic E-state index is -7.53. The molecule has 45 heavy (non-hydrogen) atoms. The van der Waals surface area contributed by atoms with Gasteiger partial charge in [0.25, 0.3) is 11.8 Å². The SMILES string of the molecule is O=C(N1CCN(Cc2ccccc2)CC1)C(F)(F)C(F)(F)C(F)(F)C(F)(F)C(F)(F)C(=O)N1CCN(Cc2ccccc2)CC1. The molecule has 2 saturated heterocycles. The highest BCUT2D eigenvalue weighted by molar-refractivity contribution is 5.86. The van der Waals surface area contributed by atoms with E-state index in [0.717, 1.165) is 11.1 Å². The third-order valence-electron chi connectivity index (χ3n) is 7.93. The Balaban J connectivity index is 1.42. The average molecular weight is 657 g/mol. The van der Waals surface area contributed by atoms with Gasteiger partial charge in [0.05, 0.1) is 0 Å². The summed E-state index contributed by atoms with van der Waals surface area (Å²) >= 11 is 0. The highest BCUT2D eigenvalue weighted by Crippen LogP contribution is 2.57. The fourth-order valence-corrected chi connectivity index (χ4v) is 5.16. The van der Waals surface area contributed by atoms with Gasteiger partial charge in [-0.05, 0) is 11.1 Å². The maximum atomic E-state index is 14.7. The van der Waals surface area contributed by atoms with Crippen molar-refractivity contribution in [2.75, 3.05) is 52.4 Å². The molecule has 16 heteroatoms. The molecular formula is C29H30F10N4O2. The number of hydrogen-bond donors (Lipinski definition) is 0. The van der Waals surface area contributed by atoms with Crippen LogP contribution in [-0.4, -0.2) is 113 Å². The van der Waals surface area contributed by atoms with Gasteiger partial charge in [-0.3, -0.25) is 19.4 Å². The lowest BCUT2D eigenvalue weighted by atomic mass is 9.92. The first-order chi connectivity index (χ1) is 20.9. The molecule has 0 radical (unpaired) electrons. The summed E-state index contributed by atoms with van der Waals surface area (Å²) in [4.78, 5) is 28.1. The minimum absolute atomic E-state index is 0.0852. The van der Waals surface area contributed by atoms with E-state index in [2.05, 4.69) is 0 Å². The van der Waals surface area contributed by atoms with E-state index in [0.29, 0.717) is 0 Å². The van der Waals surface area contributed by atoms with Crippen LogP contribution in [0.3, 0.4) is 0 Å². The van der Waals surface area contributed by atoms with Gasteiger partial charge in [0.2, 0.25) is 0 Å². The van der Waals surface area contributed by atoms with Crippen molar-refractivity contribution in [1.29, 1.82) is 0 Å². The Morgan fingerprint density at radius 2 is 0.756 bits per heavy atom. The van der Waals surface area contributed by atoms with Gasteiger partial charge in [-0.15, -0.1) is 0 Å². The lowest BCUT2D eigenvalue weighted by molar-refractivity contribution is -0.389. The summed E-state index contributed by atoms with van der Waals surface area (Å²) in [7, 11) is 0. The number of piperazine rings is 2. The molecule has 2 aliphatic rings. The van der Waals surface area contributed by atoms with E-state index < -0.39 is 67.6 Å². The molecule has 2 aromatic rings. The number of rotatable bonds is 10.